The summed E-state index contributed by atoms with van der Waals surface area (Å²) in [7, 11) is 1.71. The highest BCUT2D eigenvalue weighted by Gasteiger charge is 2.23. The predicted molar refractivity (Wildman–Crippen MR) is 102 cm³/mol. The molecule has 2 aromatic rings. The second-order valence-electron chi connectivity index (χ2n) is 7.00. The maximum atomic E-state index is 12.5. The molecule has 6 heteroatoms. The maximum absolute atomic E-state index is 12.5. The molecule has 1 fully saturated rings. The third-order valence-corrected chi connectivity index (χ3v) is 6.01. The van der Waals surface area contributed by atoms with E-state index < -0.39 is 0 Å². The minimum atomic E-state index is -0.0717. The molecule has 0 aliphatic heterocycles. The van der Waals surface area contributed by atoms with Gasteiger partial charge in [0, 0.05) is 13.1 Å². The molecule has 3 rings (SSSR count). The van der Waals surface area contributed by atoms with Crippen LogP contribution in [-0.4, -0.2) is 27.3 Å². The summed E-state index contributed by atoms with van der Waals surface area (Å²) < 4.78 is 1.53. The number of carbonyl (C=O) groups is 1. The lowest BCUT2D eigenvalue weighted by Gasteiger charge is -2.29. The van der Waals surface area contributed by atoms with Crippen molar-refractivity contribution in [2.75, 3.05) is 5.75 Å². The zero-order chi connectivity index (χ0) is 18.0. The molecule has 1 aliphatic rings. The normalized spacial score (nSPS) is 20.6. The van der Waals surface area contributed by atoms with E-state index in [2.05, 4.69) is 17.2 Å². The average Bonchev–Trinajstić information content (AvgIpc) is 2.59. The molecule has 1 aromatic carbocycles. The Morgan fingerprint density at radius 1 is 1.36 bits per heavy atom. The number of amides is 1. The Kier molecular flexibility index (Phi) is 5.47. The Balaban J connectivity index is 1.70. The Morgan fingerprint density at radius 2 is 2.12 bits per heavy atom. The van der Waals surface area contributed by atoms with Crippen LogP contribution in [0.15, 0.2) is 28.2 Å². The first-order valence-electron chi connectivity index (χ1n) is 8.85. The fourth-order valence-electron chi connectivity index (χ4n) is 3.40. The monoisotopic (exact) mass is 359 g/mol. The summed E-state index contributed by atoms with van der Waals surface area (Å²) in [5, 5.41) is 4.34. The number of nitrogens with one attached hydrogen (secondary N) is 1. The molecule has 0 unspecified atom stereocenters. The smallest absolute Gasteiger partial charge is 0.261 e. The van der Waals surface area contributed by atoms with E-state index in [0.717, 1.165) is 12.0 Å². The van der Waals surface area contributed by atoms with Crippen LogP contribution in [0.2, 0.25) is 0 Å². The summed E-state index contributed by atoms with van der Waals surface area (Å²) in [6, 6.07) is 5.94. The van der Waals surface area contributed by atoms with E-state index in [1.54, 1.807) is 7.05 Å². The molecule has 0 saturated heterocycles. The molecule has 1 heterocycles. The number of thioether (sulfide) groups is 1. The molecule has 0 spiro atoms. The number of hydrogen-bond donors (Lipinski definition) is 1. The van der Waals surface area contributed by atoms with Crippen molar-refractivity contribution in [3.63, 3.8) is 0 Å². The molecular weight excluding hydrogens is 334 g/mol. The van der Waals surface area contributed by atoms with Crippen LogP contribution < -0.4 is 10.9 Å². The Labute approximate surface area is 152 Å². The van der Waals surface area contributed by atoms with Crippen molar-refractivity contribution in [2.24, 2.45) is 13.0 Å². The van der Waals surface area contributed by atoms with E-state index in [4.69, 9.17) is 0 Å². The van der Waals surface area contributed by atoms with Gasteiger partial charge in [-0.15, -0.1) is 0 Å². The van der Waals surface area contributed by atoms with E-state index in [1.165, 1.54) is 35.6 Å². The van der Waals surface area contributed by atoms with Crippen molar-refractivity contribution >= 4 is 28.6 Å². The van der Waals surface area contributed by atoms with Crippen LogP contribution in [0, 0.1) is 12.8 Å². The van der Waals surface area contributed by atoms with Crippen molar-refractivity contribution < 1.29 is 4.79 Å². The molecular formula is C19H25N3O2S. The number of fused-ring (bicyclic) bond motifs is 1. The first-order chi connectivity index (χ1) is 12.0. The number of rotatable bonds is 4. The fraction of sp³-hybridized carbons (Fsp3) is 0.526. The average molecular weight is 359 g/mol. The molecule has 5 nitrogen and oxygen atoms in total. The van der Waals surface area contributed by atoms with Gasteiger partial charge in [-0.2, -0.15) is 0 Å². The molecule has 134 valence electrons. The van der Waals surface area contributed by atoms with Crippen LogP contribution in [0.1, 0.15) is 38.2 Å². The largest absolute Gasteiger partial charge is 0.352 e. The van der Waals surface area contributed by atoms with Crippen molar-refractivity contribution in [3.8, 4) is 0 Å². The highest BCUT2D eigenvalue weighted by atomic mass is 32.2. The SMILES string of the molecule is Cc1ccc2nc(SCC(=O)N[C@H]3CCCC[C@H]3C)n(C)c(=O)c2c1. The van der Waals surface area contributed by atoms with Crippen LogP contribution in [0.5, 0.6) is 0 Å². The Morgan fingerprint density at radius 3 is 2.88 bits per heavy atom. The summed E-state index contributed by atoms with van der Waals surface area (Å²) >= 11 is 1.32. The van der Waals surface area contributed by atoms with Gasteiger partial charge in [0.1, 0.15) is 0 Å². The number of hydrogen-bond acceptors (Lipinski definition) is 4. The van der Waals surface area contributed by atoms with Gasteiger partial charge in [-0.3, -0.25) is 14.2 Å². The topological polar surface area (TPSA) is 64.0 Å². The van der Waals surface area contributed by atoms with E-state index in [9.17, 15) is 9.59 Å². The van der Waals surface area contributed by atoms with Crippen LogP contribution >= 0.6 is 11.8 Å². The zero-order valence-electron chi connectivity index (χ0n) is 15.0. The number of aryl methyl sites for hydroxylation is 1. The molecule has 1 saturated carbocycles. The Hall–Kier alpha value is -1.82. The van der Waals surface area contributed by atoms with E-state index in [-0.39, 0.29) is 23.3 Å². The molecule has 25 heavy (non-hydrogen) atoms. The summed E-state index contributed by atoms with van der Waals surface area (Å²) in [4.78, 5) is 29.4. The van der Waals surface area contributed by atoms with Gasteiger partial charge in [-0.05, 0) is 37.8 Å². The molecule has 0 bridgehead atoms. The number of carbonyl (C=O) groups excluding carboxylic acids is 1. The summed E-state index contributed by atoms with van der Waals surface area (Å²) in [6.07, 6.45) is 4.68. The lowest BCUT2D eigenvalue weighted by molar-refractivity contribution is -0.119. The molecule has 1 aromatic heterocycles. The van der Waals surface area contributed by atoms with Crippen molar-refractivity contribution in [1.82, 2.24) is 14.9 Å². The molecule has 0 radical (unpaired) electrons. The van der Waals surface area contributed by atoms with Crippen molar-refractivity contribution in [3.05, 3.63) is 34.1 Å². The lowest BCUT2D eigenvalue weighted by atomic mass is 9.86. The van der Waals surface area contributed by atoms with E-state index >= 15 is 0 Å². The summed E-state index contributed by atoms with van der Waals surface area (Å²) in [6.45, 7) is 4.16. The van der Waals surface area contributed by atoms with Crippen LogP contribution in [0.4, 0.5) is 0 Å². The highest BCUT2D eigenvalue weighted by Crippen LogP contribution is 2.24. The molecule has 1 N–H and O–H groups in total. The second-order valence-corrected chi connectivity index (χ2v) is 7.95. The molecule has 2 atom stereocenters. The van der Waals surface area contributed by atoms with Gasteiger partial charge in [0.25, 0.3) is 5.56 Å². The third-order valence-electron chi connectivity index (χ3n) is 4.98. The van der Waals surface area contributed by atoms with Crippen LogP contribution in [-0.2, 0) is 11.8 Å². The number of aromatic nitrogens is 2. The standard InChI is InChI=1S/C19H25N3O2S/c1-12-8-9-16-14(10-12)18(24)22(3)19(21-16)25-11-17(23)20-15-7-5-4-6-13(15)2/h8-10,13,15H,4-7,11H2,1-3H3,(H,20,23)/t13-,15+/m1/s1. The van der Waals surface area contributed by atoms with Gasteiger partial charge >= 0.3 is 0 Å². The van der Waals surface area contributed by atoms with E-state index in [0.29, 0.717) is 22.0 Å². The minimum absolute atomic E-state index is 0.0157. The highest BCUT2D eigenvalue weighted by molar-refractivity contribution is 7.99. The van der Waals surface area contributed by atoms with Crippen molar-refractivity contribution in [2.45, 2.75) is 50.7 Å². The number of nitrogens with zero attached hydrogens (tertiary/aromatic N) is 2. The van der Waals surface area contributed by atoms with Gasteiger partial charge in [0.05, 0.1) is 16.7 Å². The lowest BCUT2D eigenvalue weighted by Crippen LogP contribution is -2.41. The second kappa shape index (κ2) is 7.60. The predicted octanol–water partition coefficient (Wildman–Crippen LogP) is 3.03. The summed E-state index contributed by atoms with van der Waals surface area (Å²) in [5.41, 5.74) is 1.64. The molecule has 1 aliphatic carbocycles. The van der Waals surface area contributed by atoms with Gasteiger partial charge in [0.15, 0.2) is 5.16 Å². The van der Waals surface area contributed by atoms with Crippen LogP contribution in [0.3, 0.4) is 0 Å². The molecule has 1 amide bonds. The number of benzene rings is 1. The van der Waals surface area contributed by atoms with Gasteiger partial charge in [-0.1, -0.05) is 43.2 Å². The van der Waals surface area contributed by atoms with Gasteiger partial charge in [0.2, 0.25) is 5.91 Å². The summed E-state index contributed by atoms with van der Waals surface area (Å²) in [5.74, 6) is 0.831. The third kappa shape index (κ3) is 4.06. The maximum Gasteiger partial charge on any atom is 0.261 e. The van der Waals surface area contributed by atoms with Gasteiger partial charge < -0.3 is 5.32 Å². The van der Waals surface area contributed by atoms with Crippen molar-refractivity contribution in [1.29, 1.82) is 0 Å². The van der Waals surface area contributed by atoms with Gasteiger partial charge in [-0.25, -0.2) is 4.98 Å². The van der Waals surface area contributed by atoms with E-state index in [1.807, 2.05) is 25.1 Å². The Bertz CT molecular complexity index is 846. The fourth-order valence-corrected chi connectivity index (χ4v) is 4.19. The first-order valence-corrected chi connectivity index (χ1v) is 9.84. The quantitative estimate of drug-likeness (QED) is 0.673. The first kappa shape index (κ1) is 18.0. The minimum Gasteiger partial charge on any atom is -0.352 e. The zero-order valence-corrected chi connectivity index (χ0v) is 15.9. The van der Waals surface area contributed by atoms with Crippen LogP contribution in [0.25, 0.3) is 10.9 Å².